The van der Waals surface area contributed by atoms with Crippen molar-refractivity contribution in [2.45, 2.75) is 0 Å². The molecule has 3 rings (SSSR count). The fourth-order valence-corrected chi connectivity index (χ4v) is 2.35. The van der Waals surface area contributed by atoms with Gasteiger partial charge in [0.2, 0.25) is 0 Å². The summed E-state index contributed by atoms with van der Waals surface area (Å²) in [4.78, 5) is 11.0. The van der Waals surface area contributed by atoms with Gasteiger partial charge in [-0.05, 0) is 24.3 Å². The Morgan fingerprint density at radius 3 is 2.74 bits per heavy atom. The zero-order valence-electron chi connectivity index (χ0n) is 10.1. The van der Waals surface area contributed by atoms with Crippen LogP contribution in [0.1, 0.15) is 10.5 Å². The van der Waals surface area contributed by atoms with Crippen LogP contribution in [-0.2, 0) is 7.05 Å². The van der Waals surface area contributed by atoms with Crippen LogP contribution in [0.2, 0.25) is 5.02 Å². The molecule has 5 heteroatoms. The van der Waals surface area contributed by atoms with Gasteiger partial charge in [-0.25, -0.2) is 4.79 Å². The molecule has 0 aliphatic heterocycles. The summed E-state index contributed by atoms with van der Waals surface area (Å²) >= 11 is 6.06. The van der Waals surface area contributed by atoms with E-state index in [1.54, 1.807) is 29.8 Å². The van der Waals surface area contributed by atoms with Crippen molar-refractivity contribution in [1.82, 2.24) is 4.57 Å². The van der Waals surface area contributed by atoms with Crippen molar-refractivity contribution >= 4 is 28.5 Å². The van der Waals surface area contributed by atoms with E-state index in [1.165, 1.54) is 0 Å². The van der Waals surface area contributed by atoms with Gasteiger partial charge in [-0.15, -0.1) is 0 Å². The van der Waals surface area contributed by atoms with Crippen molar-refractivity contribution < 1.29 is 14.3 Å². The monoisotopic (exact) mass is 275 g/mol. The van der Waals surface area contributed by atoms with E-state index in [1.807, 2.05) is 18.2 Å². The lowest BCUT2D eigenvalue weighted by molar-refractivity contribution is 0.0687. The number of furan rings is 1. The summed E-state index contributed by atoms with van der Waals surface area (Å²) < 4.78 is 7.29. The van der Waals surface area contributed by atoms with Gasteiger partial charge in [0, 0.05) is 12.4 Å². The number of para-hydroxylation sites is 1. The van der Waals surface area contributed by atoms with E-state index in [-0.39, 0.29) is 5.69 Å². The fraction of sp³-hybridized carbons (Fsp3) is 0.0714. The molecule has 0 saturated carbocycles. The van der Waals surface area contributed by atoms with Gasteiger partial charge in [-0.3, -0.25) is 0 Å². The van der Waals surface area contributed by atoms with Crippen LogP contribution >= 0.6 is 11.6 Å². The second-order valence-corrected chi connectivity index (χ2v) is 4.64. The summed E-state index contributed by atoms with van der Waals surface area (Å²) in [7, 11) is 1.69. The Hall–Kier alpha value is -2.20. The highest BCUT2D eigenvalue weighted by Gasteiger charge is 2.15. The van der Waals surface area contributed by atoms with Crippen LogP contribution in [-0.4, -0.2) is 15.6 Å². The number of fused-ring (bicyclic) bond motifs is 1. The molecule has 0 unspecified atom stereocenters. The van der Waals surface area contributed by atoms with Crippen molar-refractivity contribution in [3.8, 4) is 11.5 Å². The largest absolute Gasteiger partial charge is 0.477 e. The summed E-state index contributed by atoms with van der Waals surface area (Å²) in [5, 5.41) is 10.5. The van der Waals surface area contributed by atoms with E-state index in [0.717, 1.165) is 5.39 Å². The molecule has 3 aromatic rings. The zero-order valence-corrected chi connectivity index (χ0v) is 10.8. The molecule has 0 saturated heterocycles. The number of halogens is 1. The summed E-state index contributed by atoms with van der Waals surface area (Å²) in [6.45, 7) is 0. The van der Waals surface area contributed by atoms with Gasteiger partial charge in [0.25, 0.3) is 0 Å². The maximum absolute atomic E-state index is 11.0. The highest BCUT2D eigenvalue weighted by molar-refractivity contribution is 6.34. The summed E-state index contributed by atoms with van der Waals surface area (Å²) in [6, 6.07) is 10.6. The van der Waals surface area contributed by atoms with Crippen molar-refractivity contribution in [1.29, 1.82) is 0 Å². The smallest absolute Gasteiger partial charge is 0.352 e. The molecule has 4 nitrogen and oxygen atoms in total. The second-order valence-electron chi connectivity index (χ2n) is 4.24. The third-order valence-electron chi connectivity index (χ3n) is 3.09. The molecule has 0 radical (unpaired) electrons. The molecule has 0 amide bonds. The molecular formula is C14H10ClNO3. The number of benzene rings is 1. The highest BCUT2D eigenvalue weighted by Crippen LogP contribution is 2.32. The molecule has 19 heavy (non-hydrogen) atoms. The van der Waals surface area contributed by atoms with Crippen LogP contribution in [0.25, 0.3) is 22.4 Å². The third-order valence-corrected chi connectivity index (χ3v) is 3.39. The minimum Gasteiger partial charge on any atom is -0.477 e. The number of aromatic nitrogens is 1. The Kier molecular flexibility index (Phi) is 2.61. The van der Waals surface area contributed by atoms with Gasteiger partial charge >= 0.3 is 5.97 Å². The number of aromatic carboxylic acids is 1. The van der Waals surface area contributed by atoms with E-state index in [2.05, 4.69) is 0 Å². The Balaban J connectivity index is 2.20. The number of nitrogens with zero attached hydrogens (tertiary/aromatic N) is 1. The van der Waals surface area contributed by atoms with Gasteiger partial charge in [0.05, 0.1) is 10.7 Å². The zero-order chi connectivity index (χ0) is 13.6. The van der Waals surface area contributed by atoms with Crippen LogP contribution in [0.3, 0.4) is 0 Å². The first kappa shape index (κ1) is 11.9. The minimum atomic E-state index is -0.970. The average Bonchev–Trinajstić information content (AvgIpc) is 2.93. The molecule has 96 valence electrons. The molecule has 0 spiro atoms. The number of carbonyl (C=O) groups is 1. The summed E-state index contributed by atoms with van der Waals surface area (Å²) in [5.74, 6) is -0.374. The van der Waals surface area contributed by atoms with E-state index in [9.17, 15) is 4.79 Å². The van der Waals surface area contributed by atoms with Gasteiger partial charge in [-0.2, -0.15) is 0 Å². The lowest BCUT2D eigenvalue weighted by Gasteiger charge is -2.01. The molecule has 0 bridgehead atoms. The molecule has 0 atom stereocenters. The standard InChI is InChI=1S/C14H10ClNO3/c1-16-10(5-6-11(16)14(17)18)12-7-8-3-2-4-9(15)13(8)19-12/h2-7H,1H3,(H,17,18). The molecule has 0 aliphatic rings. The number of hydrogen-bond acceptors (Lipinski definition) is 2. The van der Waals surface area contributed by atoms with E-state index in [4.69, 9.17) is 21.1 Å². The van der Waals surface area contributed by atoms with Crippen molar-refractivity contribution in [2.24, 2.45) is 7.05 Å². The van der Waals surface area contributed by atoms with Crippen LogP contribution in [0, 0.1) is 0 Å². The van der Waals surface area contributed by atoms with Gasteiger partial charge in [-0.1, -0.05) is 23.7 Å². The SMILES string of the molecule is Cn1c(C(=O)O)ccc1-c1cc2cccc(Cl)c2o1. The van der Waals surface area contributed by atoms with Crippen LogP contribution < -0.4 is 0 Å². The highest BCUT2D eigenvalue weighted by atomic mass is 35.5. The Morgan fingerprint density at radius 1 is 1.32 bits per heavy atom. The van der Waals surface area contributed by atoms with E-state index < -0.39 is 5.97 Å². The van der Waals surface area contributed by atoms with Gasteiger partial charge < -0.3 is 14.1 Å². The maximum Gasteiger partial charge on any atom is 0.352 e. The second kappa shape index (κ2) is 4.17. The number of carboxylic acid groups (broad SMARTS) is 1. The van der Waals surface area contributed by atoms with Crippen LogP contribution in [0.15, 0.2) is 40.8 Å². The normalized spacial score (nSPS) is 11.1. The molecule has 2 heterocycles. The van der Waals surface area contributed by atoms with E-state index in [0.29, 0.717) is 22.1 Å². The summed E-state index contributed by atoms with van der Waals surface area (Å²) in [5.41, 5.74) is 1.52. The maximum atomic E-state index is 11.0. The lowest BCUT2D eigenvalue weighted by atomic mass is 10.2. The Labute approximate surface area is 113 Å². The first-order valence-corrected chi connectivity index (χ1v) is 6.03. The predicted octanol–water partition coefficient (Wildman–Crippen LogP) is 3.79. The third kappa shape index (κ3) is 1.81. The molecular weight excluding hydrogens is 266 g/mol. The molecule has 1 N–H and O–H groups in total. The number of rotatable bonds is 2. The van der Waals surface area contributed by atoms with Crippen LogP contribution in [0.5, 0.6) is 0 Å². The molecule has 0 fully saturated rings. The number of hydrogen-bond donors (Lipinski definition) is 1. The van der Waals surface area contributed by atoms with Crippen molar-refractivity contribution in [3.63, 3.8) is 0 Å². The first-order chi connectivity index (χ1) is 9.08. The average molecular weight is 276 g/mol. The van der Waals surface area contributed by atoms with Crippen LogP contribution in [0.4, 0.5) is 0 Å². The molecule has 2 aromatic heterocycles. The summed E-state index contributed by atoms with van der Waals surface area (Å²) in [6.07, 6.45) is 0. The number of carboxylic acids is 1. The lowest BCUT2D eigenvalue weighted by Crippen LogP contribution is -2.04. The molecule has 0 aliphatic carbocycles. The predicted molar refractivity (Wildman–Crippen MR) is 72.6 cm³/mol. The minimum absolute atomic E-state index is 0.210. The Morgan fingerprint density at radius 2 is 2.11 bits per heavy atom. The van der Waals surface area contributed by atoms with E-state index >= 15 is 0 Å². The van der Waals surface area contributed by atoms with Gasteiger partial charge in [0.15, 0.2) is 11.3 Å². The fourth-order valence-electron chi connectivity index (χ4n) is 2.13. The quantitative estimate of drug-likeness (QED) is 0.774. The topological polar surface area (TPSA) is 55.4 Å². The Bertz CT molecular complexity index is 785. The molecule has 1 aromatic carbocycles. The van der Waals surface area contributed by atoms with Crippen molar-refractivity contribution in [2.75, 3.05) is 0 Å². The van der Waals surface area contributed by atoms with Crippen molar-refractivity contribution in [3.05, 3.63) is 47.1 Å². The first-order valence-electron chi connectivity index (χ1n) is 5.65. The van der Waals surface area contributed by atoms with Gasteiger partial charge in [0.1, 0.15) is 5.69 Å².